The van der Waals surface area contributed by atoms with Crippen molar-refractivity contribution in [3.05, 3.63) is 89.0 Å². The lowest BCUT2D eigenvalue weighted by Gasteiger charge is -2.26. The largest absolute Gasteiger partial charge is 0.493 e. The lowest BCUT2D eigenvalue weighted by Crippen LogP contribution is -2.34. The monoisotopic (exact) mass is 448 g/mol. The second-order valence-electron chi connectivity index (χ2n) is 7.80. The fraction of sp³-hybridized carbons (Fsp3) is 0.269. The minimum Gasteiger partial charge on any atom is -0.493 e. The van der Waals surface area contributed by atoms with E-state index in [-0.39, 0.29) is 11.4 Å². The third kappa shape index (κ3) is 4.86. The van der Waals surface area contributed by atoms with E-state index in [1.165, 1.54) is 0 Å². The second-order valence-corrected chi connectivity index (χ2v) is 8.99. The van der Waals surface area contributed by atoms with Crippen LogP contribution in [0.2, 0.25) is 0 Å². The van der Waals surface area contributed by atoms with Crippen LogP contribution in [0.3, 0.4) is 0 Å². The normalized spacial score (nSPS) is 15.5. The Balaban J connectivity index is 1.53. The lowest BCUT2D eigenvalue weighted by atomic mass is 10.1. The number of carbonyl (C=O) groups is 1. The van der Waals surface area contributed by atoms with Gasteiger partial charge in [0.1, 0.15) is 12.0 Å². The molecular weight excluding hydrogens is 420 g/mol. The van der Waals surface area contributed by atoms with Crippen LogP contribution in [0.15, 0.2) is 66.7 Å². The van der Waals surface area contributed by atoms with E-state index in [2.05, 4.69) is 5.32 Å². The van der Waals surface area contributed by atoms with E-state index >= 15 is 0 Å². The number of methoxy groups -OCH3 is 1. The fourth-order valence-corrected chi connectivity index (χ4v) is 5.09. The molecule has 1 heterocycles. The van der Waals surface area contributed by atoms with Gasteiger partial charge in [0.15, 0.2) is 11.5 Å². The Morgan fingerprint density at radius 1 is 1.03 bits per heavy atom. The summed E-state index contributed by atoms with van der Waals surface area (Å²) in [6.07, 6.45) is 0. The molecule has 1 fully saturated rings. The Kier molecular flexibility index (Phi) is 6.90. The van der Waals surface area contributed by atoms with Crippen molar-refractivity contribution in [2.24, 2.45) is 0 Å². The molecule has 166 valence electrons. The molecule has 0 bridgehead atoms. The number of para-hydroxylation sites is 1. The molecule has 3 aromatic carbocycles. The van der Waals surface area contributed by atoms with Gasteiger partial charge < -0.3 is 19.7 Å². The molecule has 2 amide bonds. The van der Waals surface area contributed by atoms with Gasteiger partial charge in [-0.05, 0) is 48.2 Å². The average molecular weight is 449 g/mol. The number of anilines is 1. The lowest BCUT2D eigenvalue weighted by molar-refractivity contribution is 0.214. The van der Waals surface area contributed by atoms with E-state index in [9.17, 15) is 4.79 Å². The zero-order valence-electron chi connectivity index (χ0n) is 18.6. The SMILES string of the molecule is COc1ccc(C2SCCN2C(=O)Nc2c(C)cccc2C)cc1OCc1ccccc1. The maximum Gasteiger partial charge on any atom is 0.323 e. The number of hydrogen-bond acceptors (Lipinski definition) is 4. The Morgan fingerprint density at radius 2 is 1.78 bits per heavy atom. The van der Waals surface area contributed by atoms with Crippen molar-refractivity contribution in [3.63, 3.8) is 0 Å². The second kappa shape index (κ2) is 10.0. The summed E-state index contributed by atoms with van der Waals surface area (Å²) in [6, 6.07) is 21.9. The van der Waals surface area contributed by atoms with Crippen molar-refractivity contribution in [2.75, 3.05) is 24.7 Å². The van der Waals surface area contributed by atoms with Crippen molar-refractivity contribution in [1.29, 1.82) is 0 Å². The number of thioether (sulfide) groups is 1. The van der Waals surface area contributed by atoms with Crippen LogP contribution >= 0.6 is 11.8 Å². The van der Waals surface area contributed by atoms with E-state index in [1.54, 1.807) is 18.9 Å². The van der Waals surface area contributed by atoms with Crippen LogP contribution in [0.25, 0.3) is 0 Å². The zero-order chi connectivity index (χ0) is 22.5. The molecule has 32 heavy (non-hydrogen) atoms. The minimum absolute atomic E-state index is 0.0793. The van der Waals surface area contributed by atoms with Gasteiger partial charge in [-0.2, -0.15) is 0 Å². The number of aryl methyl sites for hydroxylation is 2. The molecule has 1 unspecified atom stereocenters. The van der Waals surface area contributed by atoms with E-state index in [0.29, 0.717) is 24.7 Å². The molecule has 0 radical (unpaired) electrons. The summed E-state index contributed by atoms with van der Waals surface area (Å²) in [5, 5.41) is 3.04. The predicted molar refractivity (Wildman–Crippen MR) is 131 cm³/mol. The van der Waals surface area contributed by atoms with Crippen molar-refractivity contribution in [1.82, 2.24) is 4.90 Å². The summed E-state index contributed by atoms with van der Waals surface area (Å²) in [4.78, 5) is 15.1. The molecule has 5 nitrogen and oxygen atoms in total. The molecule has 0 spiro atoms. The third-order valence-corrected chi connectivity index (χ3v) is 6.84. The average Bonchev–Trinajstić information content (AvgIpc) is 3.31. The van der Waals surface area contributed by atoms with Gasteiger partial charge in [-0.15, -0.1) is 11.8 Å². The van der Waals surface area contributed by atoms with Gasteiger partial charge in [0.25, 0.3) is 0 Å². The van der Waals surface area contributed by atoms with Gasteiger partial charge in [-0.25, -0.2) is 4.79 Å². The highest BCUT2D eigenvalue weighted by Crippen LogP contribution is 2.41. The van der Waals surface area contributed by atoms with Crippen molar-refractivity contribution in [3.8, 4) is 11.5 Å². The van der Waals surface area contributed by atoms with Gasteiger partial charge >= 0.3 is 6.03 Å². The number of urea groups is 1. The quantitative estimate of drug-likeness (QED) is 0.490. The summed E-state index contributed by atoms with van der Waals surface area (Å²) in [6.45, 7) is 5.17. The Bertz CT molecular complexity index is 1070. The Labute approximate surface area is 193 Å². The summed E-state index contributed by atoms with van der Waals surface area (Å²) < 4.78 is 11.6. The number of benzene rings is 3. The molecule has 0 saturated carbocycles. The van der Waals surface area contributed by atoms with Crippen LogP contribution in [-0.2, 0) is 6.61 Å². The van der Waals surface area contributed by atoms with Gasteiger partial charge in [0.2, 0.25) is 0 Å². The number of ether oxygens (including phenoxy) is 2. The predicted octanol–water partition coefficient (Wildman–Crippen LogP) is 6.17. The van der Waals surface area contributed by atoms with Crippen molar-refractivity contribution in [2.45, 2.75) is 25.8 Å². The molecule has 1 aliphatic rings. The Morgan fingerprint density at radius 3 is 2.50 bits per heavy atom. The first-order valence-electron chi connectivity index (χ1n) is 10.7. The van der Waals surface area contributed by atoms with E-state index in [0.717, 1.165) is 33.7 Å². The number of nitrogens with zero attached hydrogens (tertiary/aromatic N) is 1. The first kappa shape index (κ1) is 22.1. The molecular formula is C26H28N2O3S. The first-order chi connectivity index (χ1) is 15.6. The summed E-state index contributed by atoms with van der Waals surface area (Å²) in [5.74, 6) is 2.24. The minimum atomic E-state index is -0.0834. The molecule has 1 atom stereocenters. The summed E-state index contributed by atoms with van der Waals surface area (Å²) in [7, 11) is 1.64. The van der Waals surface area contributed by atoms with Crippen molar-refractivity contribution < 1.29 is 14.3 Å². The van der Waals surface area contributed by atoms with Crippen LogP contribution in [-0.4, -0.2) is 30.3 Å². The van der Waals surface area contributed by atoms with E-state index in [4.69, 9.17) is 9.47 Å². The van der Waals surface area contributed by atoms with Gasteiger partial charge in [0, 0.05) is 18.0 Å². The maximum atomic E-state index is 13.2. The smallest absolute Gasteiger partial charge is 0.323 e. The number of carbonyl (C=O) groups excluding carboxylic acids is 1. The number of nitrogens with one attached hydrogen (secondary N) is 1. The molecule has 1 aliphatic heterocycles. The van der Waals surface area contributed by atoms with E-state index in [1.807, 2.05) is 85.5 Å². The van der Waals surface area contributed by atoms with Crippen LogP contribution in [0.1, 0.15) is 27.6 Å². The summed E-state index contributed by atoms with van der Waals surface area (Å²) in [5.41, 5.74) is 5.11. The van der Waals surface area contributed by atoms with Crippen LogP contribution in [0, 0.1) is 13.8 Å². The number of hydrogen-bond donors (Lipinski definition) is 1. The molecule has 1 saturated heterocycles. The molecule has 0 aliphatic carbocycles. The van der Waals surface area contributed by atoms with Crippen molar-refractivity contribution >= 4 is 23.5 Å². The van der Waals surface area contributed by atoms with Crippen LogP contribution < -0.4 is 14.8 Å². The molecule has 4 rings (SSSR count). The molecule has 6 heteroatoms. The highest BCUT2D eigenvalue weighted by molar-refractivity contribution is 7.99. The van der Waals surface area contributed by atoms with Gasteiger partial charge in [-0.1, -0.05) is 54.6 Å². The van der Waals surface area contributed by atoms with Crippen LogP contribution in [0.4, 0.5) is 10.5 Å². The van der Waals surface area contributed by atoms with Gasteiger partial charge in [0.05, 0.1) is 7.11 Å². The number of amides is 2. The standard InChI is InChI=1S/C26H28N2O3S/c1-18-8-7-9-19(2)24(18)27-26(29)28-14-15-32-25(28)21-12-13-22(30-3)23(16-21)31-17-20-10-5-4-6-11-20/h4-13,16,25H,14-15,17H2,1-3H3,(H,27,29). The zero-order valence-corrected chi connectivity index (χ0v) is 19.4. The topological polar surface area (TPSA) is 50.8 Å². The summed E-state index contributed by atoms with van der Waals surface area (Å²) >= 11 is 1.76. The maximum absolute atomic E-state index is 13.2. The highest BCUT2D eigenvalue weighted by Gasteiger charge is 2.31. The first-order valence-corrected chi connectivity index (χ1v) is 11.7. The van der Waals surface area contributed by atoms with Gasteiger partial charge in [-0.3, -0.25) is 0 Å². The van der Waals surface area contributed by atoms with E-state index < -0.39 is 0 Å². The third-order valence-electron chi connectivity index (χ3n) is 5.57. The molecule has 0 aromatic heterocycles. The van der Waals surface area contributed by atoms with Crippen LogP contribution in [0.5, 0.6) is 11.5 Å². The molecule has 3 aromatic rings. The number of rotatable bonds is 6. The Hall–Kier alpha value is -3.12. The molecule has 1 N–H and O–H groups in total. The fourth-order valence-electron chi connectivity index (χ4n) is 3.84. The highest BCUT2D eigenvalue weighted by atomic mass is 32.2.